The molecular formula is C14H20ClN. The van der Waals surface area contributed by atoms with E-state index in [0.717, 1.165) is 23.4 Å². The second-order valence-corrected chi connectivity index (χ2v) is 5.54. The van der Waals surface area contributed by atoms with Gasteiger partial charge in [-0.3, -0.25) is 0 Å². The Kier molecular flexibility index (Phi) is 3.27. The second kappa shape index (κ2) is 4.38. The summed E-state index contributed by atoms with van der Waals surface area (Å²) in [5, 5.41) is 0.848. The molecule has 0 aromatic heterocycles. The first-order chi connectivity index (χ1) is 7.53. The molecule has 2 N–H and O–H groups in total. The lowest BCUT2D eigenvalue weighted by Crippen LogP contribution is -2.39. The van der Waals surface area contributed by atoms with Crippen LogP contribution >= 0.6 is 11.6 Å². The highest BCUT2D eigenvalue weighted by molar-refractivity contribution is 6.31. The largest absolute Gasteiger partial charge is 0.321 e. The van der Waals surface area contributed by atoms with Crippen molar-refractivity contribution in [1.29, 1.82) is 0 Å². The molecule has 0 spiro atoms. The molecule has 1 aromatic rings. The Labute approximate surface area is 103 Å². The zero-order chi connectivity index (χ0) is 11.8. The van der Waals surface area contributed by atoms with Gasteiger partial charge in [-0.05, 0) is 49.4 Å². The monoisotopic (exact) mass is 237 g/mol. The van der Waals surface area contributed by atoms with E-state index in [1.165, 1.54) is 30.4 Å². The summed E-state index contributed by atoms with van der Waals surface area (Å²) in [6, 6.07) is 4.23. The molecule has 0 heterocycles. The van der Waals surface area contributed by atoms with Crippen molar-refractivity contribution in [2.24, 2.45) is 5.73 Å². The summed E-state index contributed by atoms with van der Waals surface area (Å²) in [4.78, 5) is 0. The summed E-state index contributed by atoms with van der Waals surface area (Å²) in [7, 11) is 0. The number of aryl methyl sites for hydroxylation is 2. The molecule has 1 aliphatic rings. The minimum atomic E-state index is -0.113. The topological polar surface area (TPSA) is 26.0 Å². The Bertz CT molecular complexity index is 392. The van der Waals surface area contributed by atoms with E-state index in [2.05, 4.69) is 26.0 Å². The van der Waals surface area contributed by atoms with Crippen LogP contribution in [0, 0.1) is 13.8 Å². The first kappa shape index (κ1) is 11.9. The van der Waals surface area contributed by atoms with Crippen LogP contribution in [-0.2, 0) is 5.54 Å². The molecule has 88 valence electrons. The van der Waals surface area contributed by atoms with Gasteiger partial charge in [0.05, 0.1) is 0 Å². The third-order valence-electron chi connectivity index (χ3n) is 3.79. The van der Waals surface area contributed by atoms with E-state index in [4.69, 9.17) is 17.3 Å². The number of hydrogen-bond acceptors (Lipinski definition) is 1. The van der Waals surface area contributed by atoms with Crippen LogP contribution in [0.2, 0.25) is 5.02 Å². The average Bonchev–Trinajstić information content (AvgIpc) is 2.24. The van der Waals surface area contributed by atoms with Crippen LogP contribution in [-0.4, -0.2) is 0 Å². The van der Waals surface area contributed by atoms with Gasteiger partial charge >= 0.3 is 0 Å². The van der Waals surface area contributed by atoms with E-state index in [1.54, 1.807) is 0 Å². The van der Waals surface area contributed by atoms with Gasteiger partial charge in [0.2, 0.25) is 0 Å². The number of benzene rings is 1. The Morgan fingerprint density at radius 1 is 1.06 bits per heavy atom. The van der Waals surface area contributed by atoms with Crippen molar-refractivity contribution < 1.29 is 0 Å². The van der Waals surface area contributed by atoms with Crippen molar-refractivity contribution in [2.45, 2.75) is 51.5 Å². The molecule has 0 amide bonds. The van der Waals surface area contributed by atoms with E-state index in [0.29, 0.717) is 0 Å². The number of hydrogen-bond donors (Lipinski definition) is 1. The Balaban J connectivity index is 2.42. The molecule has 1 saturated carbocycles. The Morgan fingerprint density at radius 3 is 2.31 bits per heavy atom. The smallest absolute Gasteiger partial charge is 0.0438 e. The lowest BCUT2D eigenvalue weighted by Gasteiger charge is -2.35. The van der Waals surface area contributed by atoms with Crippen molar-refractivity contribution >= 4 is 11.6 Å². The molecule has 1 fully saturated rings. The van der Waals surface area contributed by atoms with Crippen molar-refractivity contribution in [3.63, 3.8) is 0 Å². The van der Waals surface area contributed by atoms with Gasteiger partial charge in [-0.25, -0.2) is 0 Å². The summed E-state index contributed by atoms with van der Waals surface area (Å²) in [6.07, 6.45) is 6.03. The van der Waals surface area contributed by atoms with Crippen LogP contribution in [0.3, 0.4) is 0 Å². The highest BCUT2D eigenvalue weighted by atomic mass is 35.5. The molecule has 0 unspecified atom stereocenters. The summed E-state index contributed by atoms with van der Waals surface area (Å²) in [5.74, 6) is 0. The molecule has 0 atom stereocenters. The maximum Gasteiger partial charge on any atom is 0.0438 e. The van der Waals surface area contributed by atoms with E-state index in [-0.39, 0.29) is 5.54 Å². The zero-order valence-electron chi connectivity index (χ0n) is 10.1. The van der Waals surface area contributed by atoms with Gasteiger partial charge < -0.3 is 5.73 Å². The van der Waals surface area contributed by atoms with Gasteiger partial charge in [-0.1, -0.05) is 36.9 Å². The SMILES string of the molecule is Cc1cc(C2(N)CCCCC2)c(C)cc1Cl. The second-order valence-electron chi connectivity index (χ2n) is 5.13. The van der Waals surface area contributed by atoms with Crippen molar-refractivity contribution in [1.82, 2.24) is 0 Å². The number of rotatable bonds is 1. The highest BCUT2D eigenvalue weighted by Gasteiger charge is 2.30. The maximum atomic E-state index is 6.56. The van der Waals surface area contributed by atoms with Gasteiger partial charge in [0.25, 0.3) is 0 Å². The molecule has 16 heavy (non-hydrogen) atoms. The summed E-state index contributed by atoms with van der Waals surface area (Å²) in [6.45, 7) is 4.17. The van der Waals surface area contributed by atoms with Gasteiger partial charge in [-0.15, -0.1) is 0 Å². The van der Waals surface area contributed by atoms with E-state index >= 15 is 0 Å². The first-order valence-corrected chi connectivity index (χ1v) is 6.47. The van der Waals surface area contributed by atoms with Gasteiger partial charge in [0.1, 0.15) is 0 Å². The summed E-state index contributed by atoms with van der Waals surface area (Å²) >= 11 is 6.13. The third kappa shape index (κ3) is 2.11. The quantitative estimate of drug-likeness (QED) is 0.783. The normalized spacial score (nSPS) is 19.8. The summed E-state index contributed by atoms with van der Waals surface area (Å²) in [5.41, 5.74) is 10.1. The fraction of sp³-hybridized carbons (Fsp3) is 0.571. The predicted molar refractivity (Wildman–Crippen MR) is 69.9 cm³/mol. The lowest BCUT2D eigenvalue weighted by molar-refractivity contribution is 0.301. The fourth-order valence-corrected chi connectivity index (χ4v) is 2.99. The minimum Gasteiger partial charge on any atom is -0.321 e. The van der Waals surface area contributed by atoms with E-state index in [9.17, 15) is 0 Å². The predicted octanol–water partition coefficient (Wildman–Crippen LogP) is 4.07. The summed E-state index contributed by atoms with van der Waals surface area (Å²) < 4.78 is 0. The molecule has 0 aliphatic heterocycles. The van der Waals surface area contributed by atoms with Crippen LogP contribution in [0.15, 0.2) is 12.1 Å². The third-order valence-corrected chi connectivity index (χ3v) is 4.20. The first-order valence-electron chi connectivity index (χ1n) is 6.09. The van der Waals surface area contributed by atoms with Crippen LogP contribution in [0.5, 0.6) is 0 Å². The van der Waals surface area contributed by atoms with Gasteiger partial charge in [0, 0.05) is 10.6 Å². The Hall–Kier alpha value is -0.530. The zero-order valence-corrected chi connectivity index (χ0v) is 10.9. The minimum absolute atomic E-state index is 0.113. The molecule has 0 bridgehead atoms. The van der Waals surface area contributed by atoms with Crippen molar-refractivity contribution in [3.8, 4) is 0 Å². The van der Waals surface area contributed by atoms with Gasteiger partial charge in [0.15, 0.2) is 0 Å². The molecule has 2 rings (SSSR count). The molecule has 0 saturated heterocycles. The number of nitrogens with two attached hydrogens (primary N) is 1. The van der Waals surface area contributed by atoms with Crippen LogP contribution in [0.4, 0.5) is 0 Å². The van der Waals surface area contributed by atoms with E-state index < -0.39 is 0 Å². The highest BCUT2D eigenvalue weighted by Crippen LogP contribution is 2.37. The molecule has 0 radical (unpaired) electrons. The fourth-order valence-electron chi connectivity index (χ4n) is 2.77. The lowest BCUT2D eigenvalue weighted by atomic mass is 9.75. The Morgan fingerprint density at radius 2 is 1.69 bits per heavy atom. The molecule has 1 nitrogen and oxygen atoms in total. The molecular weight excluding hydrogens is 218 g/mol. The van der Waals surface area contributed by atoms with Crippen molar-refractivity contribution in [2.75, 3.05) is 0 Å². The molecule has 1 aromatic carbocycles. The standard InChI is InChI=1S/C14H20ClN/c1-10-9-13(15)11(2)8-12(10)14(16)6-4-3-5-7-14/h8-9H,3-7,16H2,1-2H3. The van der Waals surface area contributed by atoms with Crippen LogP contribution in [0.1, 0.15) is 48.8 Å². The van der Waals surface area contributed by atoms with Gasteiger partial charge in [-0.2, -0.15) is 0 Å². The van der Waals surface area contributed by atoms with E-state index in [1.807, 2.05) is 0 Å². The molecule has 1 aliphatic carbocycles. The number of halogens is 1. The molecule has 2 heteroatoms. The average molecular weight is 238 g/mol. The van der Waals surface area contributed by atoms with Crippen molar-refractivity contribution in [3.05, 3.63) is 33.8 Å². The van der Waals surface area contributed by atoms with Crippen LogP contribution in [0.25, 0.3) is 0 Å². The van der Waals surface area contributed by atoms with Crippen LogP contribution < -0.4 is 5.73 Å². The maximum absolute atomic E-state index is 6.56.